The fourth-order valence-electron chi connectivity index (χ4n) is 1.37. The Labute approximate surface area is 94.3 Å². The van der Waals surface area contributed by atoms with Crippen LogP contribution in [0.5, 0.6) is 0 Å². The molecule has 0 heterocycles. The van der Waals surface area contributed by atoms with E-state index in [4.69, 9.17) is 0 Å². The summed E-state index contributed by atoms with van der Waals surface area (Å²) in [6.45, 7) is 3.82. The standard InChI is InChI=1S/C14H24O/c1-3-4-5-6-7-8-9-10-11-12-13-14(2)15/h8-9,12-13H,3-7,10-11H2,1-2H3. The van der Waals surface area contributed by atoms with Crippen LogP contribution in [-0.2, 0) is 4.79 Å². The van der Waals surface area contributed by atoms with Crippen LogP contribution in [0.25, 0.3) is 0 Å². The van der Waals surface area contributed by atoms with Gasteiger partial charge < -0.3 is 0 Å². The fourth-order valence-corrected chi connectivity index (χ4v) is 1.37. The Morgan fingerprint density at radius 2 is 1.60 bits per heavy atom. The van der Waals surface area contributed by atoms with Gasteiger partial charge in [0.1, 0.15) is 0 Å². The highest BCUT2D eigenvalue weighted by Gasteiger charge is 1.84. The highest BCUT2D eigenvalue weighted by Crippen LogP contribution is 2.03. The third kappa shape index (κ3) is 13.2. The number of hydrogen-bond donors (Lipinski definition) is 0. The molecule has 0 N–H and O–H groups in total. The van der Waals surface area contributed by atoms with Gasteiger partial charge in [-0.05, 0) is 38.7 Å². The molecule has 0 saturated heterocycles. The molecule has 1 nitrogen and oxygen atoms in total. The zero-order valence-corrected chi connectivity index (χ0v) is 10.2. The molecule has 0 bridgehead atoms. The van der Waals surface area contributed by atoms with Crippen LogP contribution in [0.1, 0.15) is 58.8 Å². The molecule has 0 aliphatic carbocycles. The van der Waals surface area contributed by atoms with Gasteiger partial charge in [-0.1, -0.05) is 44.4 Å². The van der Waals surface area contributed by atoms with Crippen LogP contribution >= 0.6 is 0 Å². The van der Waals surface area contributed by atoms with Crippen LogP contribution in [0.3, 0.4) is 0 Å². The first-order valence-corrected chi connectivity index (χ1v) is 6.09. The van der Waals surface area contributed by atoms with Crippen molar-refractivity contribution in [3.63, 3.8) is 0 Å². The Bertz CT molecular complexity index is 201. The van der Waals surface area contributed by atoms with Gasteiger partial charge >= 0.3 is 0 Å². The summed E-state index contributed by atoms with van der Waals surface area (Å²) in [5.41, 5.74) is 0. The maximum absolute atomic E-state index is 10.6. The third-order valence-corrected chi connectivity index (χ3v) is 2.24. The van der Waals surface area contributed by atoms with E-state index in [-0.39, 0.29) is 5.78 Å². The number of allylic oxidation sites excluding steroid dienone is 4. The highest BCUT2D eigenvalue weighted by atomic mass is 16.1. The Balaban J connectivity index is 3.21. The summed E-state index contributed by atoms with van der Waals surface area (Å²) in [7, 11) is 0. The number of rotatable bonds is 9. The lowest BCUT2D eigenvalue weighted by Gasteiger charge is -1.93. The van der Waals surface area contributed by atoms with Crippen molar-refractivity contribution in [1.82, 2.24) is 0 Å². The van der Waals surface area contributed by atoms with Gasteiger partial charge in [0.05, 0.1) is 0 Å². The molecule has 0 aliphatic rings. The zero-order valence-electron chi connectivity index (χ0n) is 10.2. The summed E-state index contributed by atoms with van der Waals surface area (Å²) in [6, 6.07) is 0. The van der Waals surface area contributed by atoms with Gasteiger partial charge in [0.15, 0.2) is 5.78 Å². The average Bonchev–Trinajstić information content (AvgIpc) is 2.20. The maximum atomic E-state index is 10.6. The summed E-state index contributed by atoms with van der Waals surface area (Å²) in [5, 5.41) is 0. The van der Waals surface area contributed by atoms with Gasteiger partial charge in [0.2, 0.25) is 0 Å². The second-order valence-electron chi connectivity index (χ2n) is 3.91. The van der Waals surface area contributed by atoms with Gasteiger partial charge in [-0.15, -0.1) is 0 Å². The van der Waals surface area contributed by atoms with Gasteiger partial charge in [0, 0.05) is 0 Å². The molecule has 0 saturated carbocycles. The second kappa shape index (κ2) is 11.2. The van der Waals surface area contributed by atoms with Crippen molar-refractivity contribution in [3.8, 4) is 0 Å². The molecule has 0 aromatic heterocycles. The molecule has 1 heteroatoms. The Kier molecular flexibility index (Phi) is 10.6. The van der Waals surface area contributed by atoms with Crippen LogP contribution in [0.4, 0.5) is 0 Å². The molecule has 86 valence electrons. The number of carbonyl (C=O) groups excluding carboxylic acids is 1. The van der Waals surface area contributed by atoms with E-state index in [1.165, 1.54) is 32.1 Å². The predicted molar refractivity (Wildman–Crippen MR) is 67.0 cm³/mol. The highest BCUT2D eigenvalue weighted by molar-refractivity contribution is 5.87. The number of unbranched alkanes of at least 4 members (excludes halogenated alkanes) is 5. The number of hydrogen-bond acceptors (Lipinski definition) is 1. The van der Waals surface area contributed by atoms with Crippen molar-refractivity contribution in [2.75, 3.05) is 0 Å². The molecule has 0 rings (SSSR count). The second-order valence-corrected chi connectivity index (χ2v) is 3.91. The molecule has 0 amide bonds. The Morgan fingerprint density at radius 3 is 2.27 bits per heavy atom. The maximum Gasteiger partial charge on any atom is 0.152 e. The Hall–Kier alpha value is -0.850. The molecule has 0 aliphatic heterocycles. The van der Waals surface area contributed by atoms with Crippen molar-refractivity contribution in [1.29, 1.82) is 0 Å². The first-order valence-electron chi connectivity index (χ1n) is 6.09. The molecule has 0 spiro atoms. The van der Waals surface area contributed by atoms with E-state index < -0.39 is 0 Å². The molecule has 0 atom stereocenters. The van der Waals surface area contributed by atoms with Crippen molar-refractivity contribution in [2.24, 2.45) is 0 Å². The number of ketones is 1. The quantitative estimate of drug-likeness (QED) is 0.311. The summed E-state index contributed by atoms with van der Waals surface area (Å²) in [5.74, 6) is 0.138. The van der Waals surface area contributed by atoms with Crippen LogP contribution in [-0.4, -0.2) is 5.78 Å². The molecule has 0 aromatic carbocycles. The van der Waals surface area contributed by atoms with E-state index in [9.17, 15) is 4.79 Å². The fraction of sp³-hybridized carbons (Fsp3) is 0.643. The first kappa shape index (κ1) is 14.2. The van der Waals surface area contributed by atoms with E-state index in [0.717, 1.165) is 12.8 Å². The van der Waals surface area contributed by atoms with Crippen LogP contribution in [0.15, 0.2) is 24.3 Å². The topological polar surface area (TPSA) is 17.1 Å². The van der Waals surface area contributed by atoms with E-state index in [0.29, 0.717) is 0 Å². The molecule has 15 heavy (non-hydrogen) atoms. The molecule has 0 radical (unpaired) electrons. The molecule has 0 aromatic rings. The predicted octanol–water partition coefficient (Wildman–Crippen LogP) is 4.44. The van der Waals surface area contributed by atoms with E-state index in [2.05, 4.69) is 19.1 Å². The first-order chi connectivity index (χ1) is 7.27. The van der Waals surface area contributed by atoms with Gasteiger partial charge in [-0.25, -0.2) is 0 Å². The minimum atomic E-state index is 0.138. The average molecular weight is 208 g/mol. The van der Waals surface area contributed by atoms with E-state index in [1.54, 1.807) is 13.0 Å². The third-order valence-electron chi connectivity index (χ3n) is 2.24. The molecular weight excluding hydrogens is 184 g/mol. The Morgan fingerprint density at radius 1 is 0.933 bits per heavy atom. The van der Waals surface area contributed by atoms with Crippen molar-refractivity contribution < 1.29 is 4.79 Å². The van der Waals surface area contributed by atoms with Gasteiger partial charge in [-0.2, -0.15) is 0 Å². The van der Waals surface area contributed by atoms with E-state index >= 15 is 0 Å². The number of carbonyl (C=O) groups is 1. The lowest BCUT2D eigenvalue weighted by atomic mass is 10.1. The van der Waals surface area contributed by atoms with Gasteiger partial charge in [0.25, 0.3) is 0 Å². The zero-order chi connectivity index (χ0) is 11.4. The lowest BCUT2D eigenvalue weighted by molar-refractivity contribution is -0.112. The van der Waals surface area contributed by atoms with Crippen molar-refractivity contribution >= 4 is 5.78 Å². The summed E-state index contributed by atoms with van der Waals surface area (Å²) >= 11 is 0. The SMILES string of the molecule is CCCCCCC=CCCC=CC(C)=O. The van der Waals surface area contributed by atoms with E-state index in [1.807, 2.05) is 6.08 Å². The smallest absolute Gasteiger partial charge is 0.152 e. The lowest BCUT2D eigenvalue weighted by Crippen LogP contribution is -1.79. The normalized spacial score (nSPS) is 11.6. The molecule has 0 unspecified atom stereocenters. The monoisotopic (exact) mass is 208 g/mol. The van der Waals surface area contributed by atoms with Crippen LogP contribution in [0.2, 0.25) is 0 Å². The molecule has 0 fully saturated rings. The van der Waals surface area contributed by atoms with Crippen LogP contribution in [0, 0.1) is 0 Å². The van der Waals surface area contributed by atoms with Crippen molar-refractivity contribution in [3.05, 3.63) is 24.3 Å². The minimum absolute atomic E-state index is 0.138. The summed E-state index contributed by atoms with van der Waals surface area (Å²) in [4.78, 5) is 10.6. The minimum Gasteiger partial charge on any atom is -0.295 e. The van der Waals surface area contributed by atoms with Crippen LogP contribution < -0.4 is 0 Å². The summed E-state index contributed by atoms with van der Waals surface area (Å²) in [6.07, 6.45) is 16.6. The van der Waals surface area contributed by atoms with Crippen molar-refractivity contribution in [2.45, 2.75) is 58.8 Å². The summed E-state index contributed by atoms with van der Waals surface area (Å²) < 4.78 is 0. The van der Waals surface area contributed by atoms with Gasteiger partial charge in [-0.3, -0.25) is 4.79 Å². The largest absolute Gasteiger partial charge is 0.295 e. The molecular formula is C14H24O.